The van der Waals surface area contributed by atoms with Crippen molar-refractivity contribution in [1.29, 1.82) is 0 Å². The van der Waals surface area contributed by atoms with E-state index >= 15 is 0 Å². The molecule has 4 rings (SSSR count). The van der Waals surface area contributed by atoms with Gasteiger partial charge in [-0.1, -0.05) is 12.1 Å². The van der Waals surface area contributed by atoms with E-state index in [0.29, 0.717) is 31.5 Å². The van der Waals surface area contributed by atoms with Crippen molar-refractivity contribution in [2.75, 3.05) is 19.7 Å². The zero-order chi connectivity index (χ0) is 19.0. The summed E-state index contributed by atoms with van der Waals surface area (Å²) in [6.07, 6.45) is 4.89. The summed E-state index contributed by atoms with van der Waals surface area (Å²) in [5.74, 6) is -0.327. The van der Waals surface area contributed by atoms with Gasteiger partial charge in [0.05, 0.1) is 5.92 Å². The number of aryl methyl sites for hydroxylation is 1. The minimum atomic E-state index is -0.335. The van der Waals surface area contributed by atoms with Crippen molar-refractivity contribution < 1.29 is 19.1 Å². The molecule has 1 aliphatic carbocycles. The van der Waals surface area contributed by atoms with Crippen molar-refractivity contribution in [3.8, 4) is 0 Å². The number of likely N-dealkylation sites (tertiary alicyclic amines) is 1. The Balaban J connectivity index is 1.31. The molecule has 1 aromatic heterocycles. The van der Waals surface area contributed by atoms with Gasteiger partial charge in [-0.3, -0.25) is 14.4 Å². The lowest BCUT2D eigenvalue weighted by Gasteiger charge is -2.31. The minimum Gasteiger partial charge on any atom is -0.457 e. The number of Topliss-reactive ketones (excluding diaryl/α,β-unsaturated/α-hetero) is 1. The first-order chi connectivity index (χ1) is 13.0. The third-order valence-corrected chi connectivity index (χ3v) is 5.63. The number of aromatic amines is 1. The van der Waals surface area contributed by atoms with Crippen molar-refractivity contribution in [1.82, 2.24) is 9.88 Å². The number of ketones is 1. The number of nitrogens with one attached hydrogen (secondary N) is 1. The topological polar surface area (TPSA) is 79.5 Å². The van der Waals surface area contributed by atoms with Crippen LogP contribution in [0.25, 0.3) is 10.9 Å². The summed E-state index contributed by atoms with van der Waals surface area (Å²) < 4.78 is 5.31. The molecule has 142 valence electrons. The number of nitrogens with zero attached hydrogens (tertiary/aromatic N) is 1. The zero-order valence-electron chi connectivity index (χ0n) is 15.5. The molecular weight excluding hydrogens is 344 g/mol. The molecule has 27 heavy (non-hydrogen) atoms. The number of ether oxygens (including phenoxy) is 1. The first-order valence-corrected chi connectivity index (χ1v) is 9.60. The maximum Gasteiger partial charge on any atom is 0.309 e. The van der Waals surface area contributed by atoms with Crippen molar-refractivity contribution in [2.45, 2.75) is 32.6 Å². The summed E-state index contributed by atoms with van der Waals surface area (Å²) in [5.41, 5.74) is 2.47. The lowest BCUT2D eigenvalue weighted by Crippen LogP contribution is -2.41. The van der Waals surface area contributed by atoms with Crippen LogP contribution in [-0.2, 0) is 14.3 Å². The standard InChI is InChI=1S/C21H24N2O4/c1-13-3-2-4-17-19(13)16(11-22-17)18(24)12-27-21(26)15-7-9-23(10-8-15)20(25)14-5-6-14/h2-4,11,14-15,22H,5-10,12H2,1H3. The number of rotatable bonds is 5. The van der Waals surface area contributed by atoms with Gasteiger partial charge < -0.3 is 14.6 Å². The average Bonchev–Trinajstić information content (AvgIpc) is 3.44. The number of hydrogen-bond acceptors (Lipinski definition) is 4. The molecule has 1 amide bonds. The average molecular weight is 368 g/mol. The van der Waals surface area contributed by atoms with Gasteiger partial charge in [-0.05, 0) is 44.2 Å². The van der Waals surface area contributed by atoms with Crippen molar-refractivity contribution >= 4 is 28.6 Å². The Labute approximate surface area is 157 Å². The van der Waals surface area contributed by atoms with Gasteiger partial charge in [0.15, 0.2) is 6.61 Å². The van der Waals surface area contributed by atoms with E-state index < -0.39 is 0 Å². The number of aromatic nitrogens is 1. The van der Waals surface area contributed by atoms with Crippen LogP contribution >= 0.6 is 0 Å². The number of carbonyl (C=O) groups is 3. The van der Waals surface area contributed by atoms with Crippen LogP contribution in [0.3, 0.4) is 0 Å². The number of piperidine rings is 1. The molecule has 2 aliphatic rings. The van der Waals surface area contributed by atoms with Crippen LogP contribution in [0.4, 0.5) is 0 Å². The van der Waals surface area contributed by atoms with E-state index in [-0.39, 0.29) is 36.1 Å². The van der Waals surface area contributed by atoms with E-state index in [2.05, 4.69) is 4.98 Å². The van der Waals surface area contributed by atoms with Gasteiger partial charge in [0.25, 0.3) is 0 Å². The quantitative estimate of drug-likeness (QED) is 0.650. The van der Waals surface area contributed by atoms with E-state index in [1.54, 1.807) is 6.20 Å². The van der Waals surface area contributed by atoms with E-state index in [9.17, 15) is 14.4 Å². The van der Waals surface area contributed by atoms with Crippen molar-refractivity contribution in [3.05, 3.63) is 35.5 Å². The van der Waals surface area contributed by atoms with Crippen LogP contribution in [0.5, 0.6) is 0 Å². The van der Waals surface area contributed by atoms with Gasteiger partial charge >= 0.3 is 5.97 Å². The summed E-state index contributed by atoms with van der Waals surface area (Å²) in [6, 6.07) is 5.81. The van der Waals surface area contributed by atoms with Crippen LogP contribution in [0.2, 0.25) is 0 Å². The Hall–Kier alpha value is -2.63. The monoisotopic (exact) mass is 368 g/mol. The SMILES string of the molecule is Cc1cccc2[nH]cc(C(=O)COC(=O)C3CCN(C(=O)C4CC4)CC3)c12. The molecule has 2 fully saturated rings. The second-order valence-corrected chi connectivity index (χ2v) is 7.60. The number of H-pyrrole nitrogens is 1. The largest absolute Gasteiger partial charge is 0.457 e. The number of amides is 1. The lowest BCUT2D eigenvalue weighted by atomic mass is 9.96. The Kier molecular flexibility index (Phi) is 4.72. The molecule has 0 unspecified atom stereocenters. The van der Waals surface area contributed by atoms with E-state index in [1.807, 2.05) is 30.0 Å². The number of benzene rings is 1. The number of carbonyl (C=O) groups excluding carboxylic acids is 3. The summed E-state index contributed by atoms with van der Waals surface area (Å²) in [4.78, 5) is 41.9. The molecule has 1 saturated carbocycles. The summed E-state index contributed by atoms with van der Waals surface area (Å²) in [5, 5.41) is 0.880. The zero-order valence-corrected chi connectivity index (χ0v) is 15.5. The molecule has 6 heteroatoms. The fraction of sp³-hybridized carbons (Fsp3) is 0.476. The summed E-state index contributed by atoms with van der Waals surface area (Å²) >= 11 is 0. The maximum atomic E-state index is 12.5. The smallest absolute Gasteiger partial charge is 0.309 e. The van der Waals surface area contributed by atoms with Gasteiger partial charge in [-0.25, -0.2) is 0 Å². The third-order valence-electron chi connectivity index (χ3n) is 5.63. The Morgan fingerprint density at radius 2 is 1.85 bits per heavy atom. The van der Waals surface area contributed by atoms with Crippen LogP contribution in [-0.4, -0.2) is 47.2 Å². The van der Waals surface area contributed by atoms with Crippen LogP contribution in [0.1, 0.15) is 41.6 Å². The number of fused-ring (bicyclic) bond motifs is 1. The first-order valence-electron chi connectivity index (χ1n) is 9.60. The lowest BCUT2D eigenvalue weighted by molar-refractivity contribution is -0.150. The summed E-state index contributed by atoms with van der Waals surface area (Å²) in [6.45, 7) is 2.91. The molecule has 0 bridgehead atoms. The third kappa shape index (κ3) is 3.61. The van der Waals surface area contributed by atoms with Gasteiger partial charge in [-0.2, -0.15) is 0 Å². The minimum absolute atomic E-state index is 0.203. The van der Waals surface area contributed by atoms with Gasteiger partial charge in [0.1, 0.15) is 0 Å². The molecule has 0 radical (unpaired) electrons. The normalized spacial score (nSPS) is 17.9. The highest BCUT2D eigenvalue weighted by Gasteiger charge is 2.36. The molecule has 1 saturated heterocycles. The Morgan fingerprint density at radius 3 is 2.56 bits per heavy atom. The summed E-state index contributed by atoms with van der Waals surface area (Å²) in [7, 11) is 0. The second kappa shape index (κ2) is 7.18. The molecule has 1 N–H and O–H groups in total. The van der Waals surface area contributed by atoms with Gasteiger partial charge in [0, 0.05) is 41.7 Å². The molecule has 0 spiro atoms. The highest BCUT2D eigenvalue weighted by atomic mass is 16.5. The van der Waals surface area contributed by atoms with Crippen LogP contribution in [0.15, 0.2) is 24.4 Å². The predicted molar refractivity (Wildman–Crippen MR) is 100 cm³/mol. The molecule has 1 aromatic carbocycles. The maximum absolute atomic E-state index is 12.5. The van der Waals surface area contributed by atoms with Gasteiger partial charge in [-0.15, -0.1) is 0 Å². The Bertz CT molecular complexity index is 889. The first kappa shape index (κ1) is 17.8. The molecule has 2 heterocycles. The van der Waals surface area contributed by atoms with E-state index in [1.165, 1.54) is 0 Å². The molecule has 6 nitrogen and oxygen atoms in total. The molecule has 1 aliphatic heterocycles. The van der Waals surface area contributed by atoms with Gasteiger partial charge in [0.2, 0.25) is 11.7 Å². The molecule has 0 atom stereocenters. The van der Waals surface area contributed by atoms with E-state index in [4.69, 9.17) is 4.74 Å². The highest BCUT2D eigenvalue weighted by Crippen LogP contribution is 2.32. The second-order valence-electron chi connectivity index (χ2n) is 7.60. The predicted octanol–water partition coefficient (Wildman–Crippen LogP) is 2.85. The van der Waals surface area contributed by atoms with Crippen molar-refractivity contribution in [2.24, 2.45) is 11.8 Å². The van der Waals surface area contributed by atoms with E-state index in [0.717, 1.165) is 29.3 Å². The van der Waals surface area contributed by atoms with Crippen molar-refractivity contribution in [3.63, 3.8) is 0 Å². The van der Waals surface area contributed by atoms with Crippen LogP contribution < -0.4 is 0 Å². The number of hydrogen-bond donors (Lipinski definition) is 1. The molecular formula is C21H24N2O4. The molecule has 2 aromatic rings. The number of esters is 1. The Morgan fingerprint density at radius 1 is 1.11 bits per heavy atom. The fourth-order valence-electron chi connectivity index (χ4n) is 3.84. The van der Waals surface area contributed by atoms with Crippen LogP contribution in [0, 0.1) is 18.8 Å². The fourth-order valence-corrected chi connectivity index (χ4v) is 3.84. The highest BCUT2D eigenvalue weighted by molar-refractivity contribution is 6.09.